The number of nitrogens with one attached hydrogen (secondary N) is 1. The number of hydrogen-bond donors (Lipinski definition) is 1. The molecule has 2 heterocycles. The molecule has 0 spiro atoms. The number of nitrogens with zero attached hydrogens (tertiary/aromatic N) is 5. The highest BCUT2D eigenvalue weighted by Gasteiger charge is 2.23. The summed E-state index contributed by atoms with van der Waals surface area (Å²) < 4.78 is 55.6. The van der Waals surface area contributed by atoms with Gasteiger partial charge in [0.05, 0.1) is 36.2 Å². The van der Waals surface area contributed by atoms with Gasteiger partial charge in [0.1, 0.15) is 4.90 Å². The van der Waals surface area contributed by atoms with Crippen LogP contribution in [0.15, 0.2) is 95.2 Å². The summed E-state index contributed by atoms with van der Waals surface area (Å²) in [6.07, 6.45) is 3.62. The second kappa shape index (κ2) is 10.9. The number of halogens is 2. The van der Waals surface area contributed by atoms with Gasteiger partial charge in [-0.2, -0.15) is 18.6 Å². The van der Waals surface area contributed by atoms with E-state index >= 15 is 0 Å². The van der Waals surface area contributed by atoms with Gasteiger partial charge in [-0.25, -0.2) is 18.1 Å². The summed E-state index contributed by atoms with van der Waals surface area (Å²) in [6, 6.07) is 20.3. The number of alkyl halides is 2. The zero-order valence-electron chi connectivity index (χ0n) is 19.6. The summed E-state index contributed by atoms with van der Waals surface area (Å²) >= 11 is 0. The number of benzene rings is 2. The SMILES string of the molecule is CN(C)CNS(=O)(=O)c1cc(N=C(c2ccccc2)c2ccccc2)cnc1-c1cnn(C(F)F)c1. The van der Waals surface area contributed by atoms with Crippen LogP contribution < -0.4 is 4.72 Å². The Hall–Kier alpha value is -3.80. The normalized spacial score (nSPS) is 11.7. The third kappa shape index (κ3) is 5.88. The number of rotatable bonds is 9. The van der Waals surface area contributed by atoms with Gasteiger partial charge >= 0.3 is 6.55 Å². The van der Waals surface area contributed by atoms with Gasteiger partial charge in [-0.05, 0) is 20.2 Å². The molecule has 8 nitrogen and oxygen atoms in total. The predicted octanol–water partition coefficient (Wildman–Crippen LogP) is 4.31. The first kappa shape index (κ1) is 25.3. The Morgan fingerprint density at radius 3 is 2.17 bits per heavy atom. The lowest BCUT2D eigenvalue weighted by Crippen LogP contribution is -2.33. The summed E-state index contributed by atoms with van der Waals surface area (Å²) in [4.78, 5) is 10.5. The van der Waals surface area contributed by atoms with E-state index in [1.165, 1.54) is 12.3 Å². The van der Waals surface area contributed by atoms with Gasteiger partial charge in [0.25, 0.3) is 0 Å². The molecule has 36 heavy (non-hydrogen) atoms. The smallest absolute Gasteiger partial charge is 0.296 e. The Morgan fingerprint density at radius 2 is 1.64 bits per heavy atom. The van der Waals surface area contributed by atoms with E-state index in [4.69, 9.17) is 4.99 Å². The van der Waals surface area contributed by atoms with Crippen LogP contribution in [0.3, 0.4) is 0 Å². The third-order valence-corrected chi connectivity index (χ3v) is 6.51. The molecule has 0 aliphatic rings. The van der Waals surface area contributed by atoms with E-state index in [-0.39, 0.29) is 28.5 Å². The Kier molecular flexibility index (Phi) is 7.63. The molecule has 2 aromatic carbocycles. The number of pyridine rings is 1. The number of aliphatic imine (C=N–C) groups is 1. The van der Waals surface area contributed by atoms with Crippen molar-refractivity contribution in [3.63, 3.8) is 0 Å². The topological polar surface area (TPSA) is 92.5 Å². The fourth-order valence-corrected chi connectivity index (χ4v) is 4.68. The van der Waals surface area contributed by atoms with Crippen LogP contribution in [-0.4, -0.2) is 54.6 Å². The zero-order valence-corrected chi connectivity index (χ0v) is 20.4. The van der Waals surface area contributed by atoms with Crippen molar-refractivity contribution >= 4 is 21.4 Å². The standard InChI is InChI=1S/C25H24F2N6O2S/c1-32(2)17-30-36(34,35)22-13-21(15-28-24(22)20-14-29-33(16-20)25(26)27)31-23(18-9-5-3-6-10-18)19-11-7-4-8-12-19/h3-16,25,30H,17H2,1-2H3. The largest absolute Gasteiger partial charge is 0.333 e. The van der Waals surface area contributed by atoms with Crippen LogP contribution in [0, 0.1) is 0 Å². The molecule has 0 bridgehead atoms. The highest BCUT2D eigenvalue weighted by molar-refractivity contribution is 7.89. The molecule has 0 radical (unpaired) electrons. The first-order chi connectivity index (χ1) is 17.2. The zero-order chi connectivity index (χ0) is 25.7. The van der Waals surface area contributed by atoms with E-state index in [2.05, 4.69) is 14.8 Å². The van der Waals surface area contributed by atoms with Crippen molar-refractivity contribution < 1.29 is 17.2 Å². The van der Waals surface area contributed by atoms with Gasteiger partial charge in [-0.1, -0.05) is 60.7 Å². The molecule has 0 atom stereocenters. The van der Waals surface area contributed by atoms with Crippen molar-refractivity contribution in [3.05, 3.63) is 96.4 Å². The summed E-state index contributed by atoms with van der Waals surface area (Å²) in [6.45, 7) is -2.83. The summed E-state index contributed by atoms with van der Waals surface area (Å²) in [5.74, 6) is 0. The fourth-order valence-electron chi connectivity index (χ4n) is 3.39. The molecular weight excluding hydrogens is 486 g/mol. The Bertz CT molecular complexity index is 1410. The van der Waals surface area contributed by atoms with Crippen LogP contribution in [0.2, 0.25) is 0 Å². The second-order valence-electron chi connectivity index (χ2n) is 8.10. The van der Waals surface area contributed by atoms with Gasteiger partial charge in [0, 0.05) is 22.9 Å². The molecule has 11 heteroatoms. The minimum atomic E-state index is -4.08. The minimum Gasteiger partial charge on any atom is -0.296 e. The van der Waals surface area contributed by atoms with Gasteiger partial charge in [-0.15, -0.1) is 0 Å². The number of hydrogen-bond acceptors (Lipinski definition) is 6. The van der Waals surface area contributed by atoms with E-state index in [1.54, 1.807) is 19.0 Å². The Morgan fingerprint density at radius 1 is 1.03 bits per heavy atom. The lowest BCUT2D eigenvalue weighted by Gasteiger charge is -2.14. The molecule has 186 valence electrons. The second-order valence-corrected chi connectivity index (χ2v) is 9.84. The maximum absolute atomic E-state index is 13.2. The van der Waals surface area contributed by atoms with Crippen molar-refractivity contribution in [1.82, 2.24) is 24.4 Å². The molecule has 0 fully saturated rings. The van der Waals surface area contributed by atoms with E-state index in [0.29, 0.717) is 10.4 Å². The Balaban J connectivity index is 1.87. The van der Waals surface area contributed by atoms with E-state index in [0.717, 1.165) is 23.5 Å². The van der Waals surface area contributed by atoms with Gasteiger partial charge in [0.15, 0.2) is 0 Å². The average molecular weight is 511 g/mol. The monoisotopic (exact) mass is 510 g/mol. The van der Waals surface area contributed by atoms with Crippen molar-refractivity contribution in [2.24, 2.45) is 4.99 Å². The molecule has 0 unspecified atom stereocenters. The van der Waals surface area contributed by atoms with Crippen molar-refractivity contribution in [1.29, 1.82) is 0 Å². The molecule has 2 aromatic heterocycles. The maximum atomic E-state index is 13.2. The number of sulfonamides is 1. The lowest BCUT2D eigenvalue weighted by molar-refractivity contribution is 0.0566. The predicted molar refractivity (Wildman–Crippen MR) is 134 cm³/mol. The van der Waals surface area contributed by atoms with Crippen LogP contribution in [0.4, 0.5) is 14.5 Å². The average Bonchev–Trinajstić information content (AvgIpc) is 3.38. The van der Waals surface area contributed by atoms with Gasteiger partial charge in [0.2, 0.25) is 10.0 Å². The van der Waals surface area contributed by atoms with Crippen LogP contribution in [0.5, 0.6) is 0 Å². The molecular formula is C25H24F2N6O2S. The molecule has 0 aliphatic carbocycles. The summed E-state index contributed by atoms with van der Waals surface area (Å²) in [7, 11) is -0.662. The molecule has 0 amide bonds. The molecule has 4 aromatic rings. The fraction of sp³-hybridized carbons (Fsp3) is 0.160. The van der Waals surface area contributed by atoms with E-state index in [1.807, 2.05) is 60.7 Å². The third-order valence-electron chi connectivity index (χ3n) is 5.11. The van der Waals surface area contributed by atoms with Crippen molar-refractivity contribution in [2.75, 3.05) is 20.8 Å². The highest BCUT2D eigenvalue weighted by atomic mass is 32.2. The van der Waals surface area contributed by atoms with Gasteiger partial charge in [-0.3, -0.25) is 9.88 Å². The van der Waals surface area contributed by atoms with Crippen LogP contribution in [-0.2, 0) is 10.0 Å². The number of aromatic nitrogens is 3. The minimum absolute atomic E-state index is 0.00641. The van der Waals surface area contributed by atoms with Crippen molar-refractivity contribution in [3.8, 4) is 11.3 Å². The van der Waals surface area contributed by atoms with Crippen LogP contribution >= 0.6 is 0 Å². The maximum Gasteiger partial charge on any atom is 0.333 e. The molecule has 0 aliphatic heterocycles. The molecule has 0 saturated carbocycles. The Labute approximate surface area is 208 Å². The first-order valence-corrected chi connectivity index (χ1v) is 12.4. The van der Waals surface area contributed by atoms with Crippen LogP contribution in [0.25, 0.3) is 11.3 Å². The highest BCUT2D eigenvalue weighted by Crippen LogP contribution is 2.30. The summed E-state index contributed by atoms with van der Waals surface area (Å²) in [5.41, 5.74) is 2.71. The molecule has 4 rings (SSSR count). The van der Waals surface area contributed by atoms with Crippen LogP contribution in [0.1, 0.15) is 17.7 Å². The van der Waals surface area contributed by atoms with Crippen molar-refractivity contribution in [2.45, 2.75) is 11.4 Å². The van der Waals surface area contributed by atoms with E-state index < -0.39 is 16.6 Å². The molecule has 1 N–H and O–H groups in total. The van der Waals surface area contributed by atoms with E-state index in [9.17, 15) is 17.2 Å². The lowest BCUT2D eigenvalue weighted by atomic mass is 10.0. The quantitative estimate of drug-likeness (QED) is 0.268. The molecule has 0 saturated heterocycles. The first-order valence-electron chi connectivity index (χ1n) is 10.9. The van der Waals surface area contributed by atoms with Gasteiger partial charge < -0.3 is 0 Å². The summed E-state index contributed by atoms with van der Waals surface area (Å²) in [5, 5.41) is 3.62.